The Morgan fingerprint density at radius 1 is 1.29 bits per heavy atom. The van der Waals surface area contributed by atoms with Crippen LogP contribution in [0.15, 0.2) is 40.2 Å². The molecule has 0 aromatic carbocycles. The molecule has 0 aliphatic rings. The number of carbonyl (C=O) groups excluding carboxylic acids is 1. The normalized spacial score (nSPS) is 10.1. The van der Waals surface area contributed by atoms with Crippen molar-refractivity contribution in [1.82, 2.24) is 14.5 Å². The Morgan fingerprint density at radius 3 is 2.62 bits per heavy atom. The number of carboxylic acid groups (broad SMARTS) is 1. The molecule has 0 saturated heterocycles. The van der Waals surface area contributed by atoms with E-state index >= 15 is 0 Å². The Hall–Kier alpha value is -3.23. The molecule has 2 heterocycles. The number of H-pyrrole nitrogens is 1. The van der Waals surface area contributed by atoms with Crippen molar-refractivity contribution in [3.8, 4) is 0 Å². The summed E-state index contributed by atoms with van der Waals surface area (Å²) < 4.78 is 1.02. The lowest BCUT2D eigenvalue weighted by Gasteiger charge is -2.06. The smallest absolute Gasteiger partial charge is 0.354 e. The highest BCUT2D eigenvalue weighted by Gasteiger charge is 2.07. The van der Waals surface area contributed by atoms with Gasteiger partial charge in [-0.15, -0.1) is 0 Å². The van der Waals surface area contributed by atoms with Gasteiger partial charge in [-0.2, -0.15) is 0 Å². The molecule has 0 unspecified atom stereocenters. The van der Waals surface area contributed by atoms with Crippen LogP contribution in [-0.4, -0.2) is 31.5 Å². The highest BCUT2D eigenvalue weighted by atomic mass is 16.4. The number of aromatic amines is 1. The largest absolute Gasteiger partial charge is 0.477 e. The molecule has 0 saturated carbocycles. The molecule has 0 atom stereocenters. The zero-order valence-electron chi connectivity index (χ0n) is 10.6. The molecule has 3 N–H and O–H groups in total. The molecule has 21 heavy (non-hydrogen) atoms. The van der Waals surface area contributed by atoms with Crippen LogP contribution in [0.4, 0.5) is 5.69 Å². The minimum Gasteiger partial charge on any atom is -0.477 e. The van der Waals surface area contributed by atoms with Crippen molar-refractivity contribution in [3.63, 3.8) is 0 Å². The summed E-state index contributed by atoms with van der Waals surface area (Å²) in [7, 11) is 0. The number of nitrogens with zero attached hydrogens (tertiary/aromatic N) is 2. The van der Waals surface area contributed by atoms with Gasteiger partial charge in [-0.1, -0.05) is 0 Å². The lowest BCUT2D eigenvalue weighted by Crippen LogP contribution is -2.32. The second-order valence-corrected chi connectivity index (χ2v) is 4.02. The Morgan fingerprint density at radius 2 is 2.05 bits per heavy atom. The predicted molar refractivity (Wildman–Crippen MR) is 71.1 cm³/mol. The van der Waals surface area contributed by atoms with Crippen LogP contribution in [0.5, 0.6) is 0 Å². The Kier molecular flexibility index (Phi) is 3.93. The fourth-order valence-electron chi connectivity index (χ4n) is 1.52. The number of carboxylic acids is 1. The zero-order valence-corrected chi connectivity index (χ0v) is 10.6. The summed E-state index contributed by atoms with van der Waals surface area (Å²) in [6.07, 6.45) is 2.39. The van der Waals surface area contributed by atoms with Gasteiger partial charge in [-0.05, 0) is 12.1 Å². The molecule has 108 valence electrons. The van der Waals surface area contributed by atoms with Gasteiger partial charge in [0.25, 0.3) is 5.56 Å². The molecule has 0 aliphatic heterocycles. The summed E-state index contributed by atoms with van der Waals surface area (Å²) in [5, 5.41) is 11.1. The minimum atomic E-state index is -1.17. The summed E-state index contributed by atoms with van der Waals surface area (Å²) in [5.41, 5.74) is -1.10. The fourth-order valence-corrected chi connectivity index (χ4v) is 1.52. The second-order valence-electron chi connectivity index (χ2n) is 4.02. The van der Waals surface area contributed by atoms with Crippen molar-refractivity contribution in [2.45, 2.75) is 6.54 Å². The van der Waals surface area contributed by atoms with Crippen molar-refractivity contribution in [1.29, 1.82) is 0 Å². The maximum absolute atomic E-state index is 11.7. The second kappa shape index (κ2) is 5.82. The molecule has 0 fully saturated rings. The molecule has 0 aliphatic carbocycles. The van der Waals surface area contributed by atoms with E-state index in [-0.39, 0.29) is 12.2 Å². The molecule has 2 rings (SSSR count). The first-order chi connectivity index (χ1) is 9.95. The van der Waals surface area contributed by atoms with Gasteiger partial charge >= 0.3 is 11.7 Å². The van der Waals surface area contributed by atoms with Gasteiger partial charge in [-0.3, -0.25) is 19.1 Å². The van der Waals surface area contributed by atoms with Crippen LogP contribution in [0.25, 0.3) is 0 Å². The molecule has 0 spiro atoms. The van der Waals surface area contributed by atoms with Crippen molar-refractivity contribution in [3.05, 3.63) is 57.1 Å². The van der Waals surface area contributed by atoms with Crippen LogP contribution in [0.3, 0.4) is 0 Å². The first-order valence-corrected chi connectivity index (χ1v) is 5.74. The van der Waals surface area contributed by atoms with E-state index in [9.17, 15) is 19.2 Å². The number of aromatic nitrogens is 3. The average Bonchev–Trinajstić information content (AvgIpc) is 2.42. The van der Waals surface area contributed by atoms with Gasteiger partial charge in [0, 0.05) is 12.3 Å². The average molecular weight is 290 g/mol. The zero-order chi connectivity index (χ0) is 15.4. The summed E-state index contributed by atoms with van der Waals surface area (Å²) in [6, 6.07) is 3.74. The van der Waals surface area contributed by atoms with E-state index in [1.165, 1.54) is 24.5 Å². The Bertz CT molecular complexity index is 790. The molecule has 1 amide bonds. The first kappa shape index (κ1) is 14.2. The molecule has 9 nitrogen and oxygen atoms in total. The van der Waals surface area contributed by atoms with E-state index in [0.29, 0.717) is 5.69 Å². The third-order valence-corrected chi connectivity index (χ3v) is 2.48. The molecule has 0 bridgehead atoms. The summed E-state index contributed by atoms with van der Waals surface area (Å²) in [4.78, 5) is 50.3. The lowest BCUT2D eigenvalue weighted by molar-refractivity contribution is -0.116. The molecular formula is C12H10N4O5. The highest BCUT2D eigenvalue weighted by molar-refractivity contribution is 5.91. The topological polar surface area (TPSA) is 134 Å². The van der Waals surface area contributed by atoms with E-state index in [1.807, 2.05) is 4.98 Å². The highest BCUT2D eigenvalue weighted by Crippen LogP contribution is 2.06. The van der Waals surface area contributed by atoms with Crippen molar-refractivity contribution in [2.75, 3.05) is 5.32 Å². The van der Waals surface area contributed by atoms with Crippen molar-refractivity contribution >= 4 is 17.6 Å². The third kappa shape index (κ3) is 3.62. The van der Waals surface area contributed by atoms with Crippen molar-refractivity contribution in [2.24, 2.45) is 0 Å². The van der Waals surface area contributed by atoms with Crippen LogP contribution < -0.4 is 16.6 Å². The van der Waals surface area contributed by atoms with E-state index in [1.54, 1.807) is 0 Å². The predicted octanol–water partition coefficient (Wildman–Crippen LogP) is -0.731. The SMILES string of the molecule is O=C(Cn1ccc(=O)[nH]c1=O)Nc1ccc(C(=O)O)nc1. The molecule has 2 aromatic heterocycles. The Labute approximate surface area is 116 Å². The van der Waals surface area contributed by atoms with Crippen LogP contribution >= 0.6 is 0 Å². The number of nitrogens with one attached hydrogen (secondary N) is 2. The van der Waals surface area contributed by atoms with Crippen LogP contribution in [-0.2, 0) is 11.3 Å². The van der Waals surface area contributed by atoms with E-state index in [0.717, 1.165) is 10.6 Å². The number of pyridine rings is 1. The van der Waals surface area contributed by atoms with Gasteiger partial charge in [-0.25, -0.2) is 14.6 Å². The molecule has 9 heteroatoms. The van der Waals surface area contributed by atoms with Crippen LogP contribution in [0, 0.1) is 0 Å². The molecular weight excluding hydrogens is 280 g/mol. The van der Waals surface area contributed by atoms with Crippen molar-refractivity contribution < 1.29 is 14.7 Å². The number of aromatic carboxylic acids is 1. The molecule has 0 radical (unpaired) electrons. The number of anilines is 1. The summed E-state index contributed by atoms with van der Waals surface area (Å²) in [6.45, 7) is -0.295. The first-order valence-electron chi connectivity index (χ1n) is 5.74. The molecule has 2 aromatic rings. The summed E-state index contributed by atoms with van der Waals surface area (Å²) in [5.74, 6) is -1.69. The van der Waals surface area contributed by atoms with E-state index in [2.05, 4.69) is 10.3 Å². The van der Waals surface area contributed by atoms with Gasteiger partial charge in [0.2, 0.25) is 5.91 Å². The van der Waals surface area contributed by atoms with Crippen LogP contribution in [0.1, 0.15) is 10.5 Å². The van der Waals surface area contributed by atoms with Gasteiger partial charge < -0.3 is 10.4 Å². The van der Waals surface area contributed by atoms with E-state index < -0.39 is 23.1 Å². The number of rotatable bonds is 4. The van der Waals surface area contributed by atoms with Crippen LogP contribution in [0.2, 0.25) is 0 Å². The number of hydrogen-bond acceptors (Lipinski definition) is 5. The fraction of sp³-hybridized carbons (Fsp3) is 0.0833. The third-order valence-electron chi connectivity index (χ3n) is 2.48. The van der Waals surface area contributed by atoms with E-state index in [4.69, 9.17) is 5.11 Å². The quantitative estimate of drug-likeness (QED) is 0.679. The summed E-state index contributed by atoms with van der Waals surface area (Å²) >= 11 is 0. The van der Waals surface area contributed by atoms with Gasteiger partial charge in [0.05, 0.1) is 11.9 Å². The van der Waals surface area contributed by atoms with Gasteiger partial charge in [0.15, 0.2) is 0 Å². The number of amides is 1. The maximum atomic E-state index is 11.7. The standard InChI is InChI=1S/C12H10N4O5/c17-9-3-4-16(12(21)15-9)6-10(18)14-7-1-2-8(11(19)20)13-5-7/h1-5H,6H2,(H,14,18)(H,19,20)(H,15,17,21). The lowest BCUT2D eigenvalue weighted by atomic mass is 10.3. The number of carbonyl (C=O) groups is 2. The monoisotopic (exact) mass is 290 g/mol. The Balaban J connectivity index is 2.06. The van der Waals surface area contributed by atoms with Gasteiger partial charge in [0.1, 0.15) is 12.2 Å². The minimum absolute atomic E-state index is 0.148. The number of hydrogen-bond donors (Lipinski definition) is 3. The maximum Gasteiger partial charge on any atom is 0.354 e.